The zero-order chi connectivity index (χ0) is 36.3. The molecule has 2 bridgehead atoms. The van der Waals surface area contributed by atoms with Gasteiger partial charge in [-0.2, -0.15) is 0 Å². The van der Waals surface area contributed by atoms with Crippen LogP contribution in [0.3, 0.4) is 0 Å². The van der Waals surface area contributed by atoms with Crippen molar-refractivity contribution in [2.45, 2.75) is 43.4 Å². The molecule has 7 atom stereocenters. The minimum absolute atomic E-state index is 0.00804. The Balaban J connectivity index is 1.08. The van der Waals surface area contributed by atoms with Gasteiger partial charge in [-0.1, -0.05) is 29.5 Å². The Kier molecular flexibility index (Phi) is 8.94. The van der Waals surface area contributed by atoms with E-state index in [1.165, 1.54) is 16.2 Å². The van der Waals surface area contributed by atoms with Crippen LogP contribution < -0.4 is 24.6 Å². The highest BCUT2D eigenvalue weighted by atomic mass is 32.2. The van der Waals surface area contributed by atoms with Crippen LogP contribution >= 0.6 is 23.1 Å². The minimum Gasteiger partial charge on any atom is -0.490 e. The third-order valence-corrected chi connectivity index (χ3v) is 13.2. The van der Waals surface area contributed by atoms with Crippen LogP contribution in [0, 0.1) is 36.5 Å². The number of aromatic amines is 1. The van der Waals surface area contributed by atoms with Crippen LogP contribution in [0.25, 0.3) is 0 Å². The molecular formula is C39H37N3O8S2. The molecule has 8 rings (SSSR count). The first-order chi connectivity index (χ1) is 25.2. The maximum absolute atomic E-state index is 14.2. The number of thioether (sulfide) groups is 1. The normalized spacial score (nSPS) is 25.4. The van der Waals surface area contributed by atoms with E-state index in [-0.39, 0.29) is 64.7 Å². The van der Waals surface area contributed by atoms with Gasteiger partial charge in [0.1, 0.15) is 0 Å². The Bertz CT molecular complexity index is 2150. The molecule has 3 amide bonds. The average Bonchev–Trinajstić information content (AvgIpc) is 3.86. The summed E-state index contributed by atoms with van der Waals surface area (Å²) in [6, 6.07) is 19.6. The highest BCUT2D eigenvalue weighted by Gasteiger charge is 2.69. The molecule has 3 aromatic carbocycles. The Morgan fingerprint density at radius 1 is 0.904 bits per heavy atom. The number of carbonyl (C=O) groups excluding carboxylic acids is 4. The number of anilines is 2. The second-order valence-electron chi connectivity index (χ2n) is 13.6. The SMILES string of the molecule is CCOC(=O)c1ccc(N2C(=O)C3C(C2=O)[C@@H]2C[C@H]3C3Sc4[nH]c(=O)sc4[C@H](c4ccc(OCC(=O)Nc5cccc(C)c5)c(OCC)c4)C32)cc1. The fraction of sp³-hybridized carbons (Fsp3) is 0.359. The predicted octanol–water partition coefficient (Wildman–Crippen LogP) is 6.02. The lowest BCUT2D eigenvalue weighted by Crippen LogP contribution is -2.42. The monoisotopic (exact) mass is 739 g/mol. The molecule has 268 valence electrons. The zero-order valence-electron chi connectivity index (χ0n) is 28.8. The number of amides is 3. The standard InChI is InChI=1S/C39H37N3O8S2/c1-4-48-27-16-21(11-14-26(27)50-18-28(43)40-22-8-6-7-19(3)15-22)29-30-24-17-25(33(30)51-35-34(29)52-39(47)41-35)32-31(24)36(44)42(37(32)45)23-12-9-20(10-13-23)38(46)49-5-2/h6-16,24-25,29-33H,4-5,17-18H2,1-3H3,(H,40,43)(H,41,47)/t24-,25-,29-,30?,31?,32?,33?/m1/s1. The van der Waals surface area contributed by atoms with Crippen molar-refractivity contribution in [1.29, 1.82) is 0 Å². The number of imide groups is 1. The van der Waals surface area contributed by atoms with Crippen molar-refractivity contribution in [2.75, 3.05) is 30.0 Å². The molecule has 3 heterocycles. The molecule has 4 aromatic rings. The van der Waals surface area contributed by atoms with Gasteiger partial charge in [0.15, 0.2) is 18.1 Å². The van der Waals surface area contributed by atoms with Crippen LogP contribution in [0.1, 0.15) is 52.5 Å². The van der Waals surface area contributed by atoms with E-state index in [4.69, 9.17) is 14.2 Å². The number of rotatable bonds is 10. The molecule has 4 unspecified atom stereocenters. The summed E-state index contributed by atoms with van der Waals surface area (Å²) in [5.74, 6) is -1.60. The first-order valence-electron chi connectivity index (χ1n) is 17.5. The molecule has 2 saturated carbocycles. The van der Waals surface area contributed by atoms with Gasteiger partial charge in [0.05, 0.1) is 41.3 Å². The largest absolute Gasteiger partial charge is 0.490 e. The van der Waals surface area contributed by atoms with E-state index in [1.807, 2.05) is 50.2 Å². The maximum atomic E-state index is 14.2. The summed E-state index contributed by atoms with van der Waals surface area (Å²) in [6.45, 7) is 5.96. The van der Waals surface area contributed by atoms with Gasteiger partial charge >= 0.3 is 10.8 Å². The summed E-state index contributed by atoms with van der Waals surface area (Å²) in [4.78, 5) is 71.1. The molecule has 2 aliphatic heterocycles. The third kappa shape index (κ3) is 5.79. The molecule has 1 saturated heterocycles. The number of nitrogens with one attached hydrogen (secondary N) is 2. The highest BCUT2D eigenvalue weighted by molar-refractivity contribution is 8.00. The van der Waals surface area contributed by atoms with Gasteiger partial charge in [-0.25, -0.2) is 4.79 Å². The Labute approximate surface area is 308 Å². The molecule has 52 heavy (non-hydrogen) atoms. The van der Waals surface area contributed by atoms with Crippen molar-refractivity contribution in [3.8, 4) is 11.5 Å². The second-order valence-corrected chi connectivity index (χ2v) is 15.8. The Morgan fingerprint density at radius 3 is 2.40 bits per heavy atom. The van der Waals surface area contributed by atoms with Crippen molar-refractivity contribution in [1.82, 2.24) is 4.98 Å². The number of ether oxygens (including phenoxy) is 3. The predicted molar refractivity (Wildman–Crippen MR) is 196 cm³/mol. The van der Waals surface area contributed by atoms with E-state index in [2.05, 4.69) is 10.3 Å². The summed E-state index contributed by atoms with van der Waals surface area (Å²) in [6.07, 6.45) is 0.746. The number of aryl methyl sites for hydroxylation is 1. The van der Waals surface area contributed by atoms with E-state index in [9.17, 15) is 24.0 Å². The Morgan fingerprint density at radius 2 is 1.67 bits per heavy atom. The van der Waals surface area contributed by atoms with E-state index in [0.717, 1.165) is 27.5 Å². The summed E-state index contributed by atoms with van der Waals surface area (Å²) in [5.41, 5.74) is 3.42. The van der Waals surface area contributed by atoms with Crippen molar-refractivity contribution in [3.05, 3.63) is 98.0 Å². The molecule has 4 aliphatic rings. The van der Waals surface area contributed by atoms with Gasteiger partial charge in [0.2, 0.25) is 11.8 Å². The van der Waals surface area contributed by atoms with Crippen LogP contribution in [0.5, 0.6) is 11.5 Å². The summed E-state index contributed by atoms with van der Waals surface area (Å²) in [5, 5.41) is 3.67. The molecule has 11 nitrogen and oxygen atoms in total. The van der Waals surface area contributed by atoms with Crippen molar-refractivity contribution >= 4 is 58.2 Å². The van der Waals surface area contributed by atoms with E-state index < -0.39 is 17.8 Å². The molecule has 2 N–H and O–H groups in total. The molecule has 2 aliphatic carbocycles. The first kappa shape index (κ1) is 34.2. The Hall–Kier alpha value is -4.88. The average molecular weight is 740 g/mol. The van der Waals surface area contributed by atoms with E-state index >= 15 is 0 Å². The summed E-state index contributed by atoms with van der Waals surface area (Å²) < 4.78 is 17.1. The summed E-state index contributed by atoms with van der Waals surface area (Å²) >= 11 is 2.80. The number of thiazole rings is 1. The van der Waals surface area contributed by atoms with Crippen molar-refractivity contribution in [3.63, 3.8) is 0 Å². The molecule has 1 aromatic heterocycles. The fourth-order valence-electron chi connectivity index (χ4n) is 8.77. The zero-order valence-corrected chi connectivity index (χ0v) is 30.4. The molecule has 0 radical (unpaired) electrons. The second kappa shape index (κ2) is 13.6. The van der Waals surface area contributed by atoms with Crippen LogP contribution in [-0.4, -0.2) is 53.7 Å². The van der Waals surface area contributed by atoms with E-state index in [0.29, 0.717) is 35.0 Å². The lowest BCUT2D eigenvalue weighted by Gasteiger charge is -2.43. The van der Waals surface area contributed by atoms with Crippen molar-refractivity contribution in [2.24, 2.45) is 29.6 Å². The number of benzene rings is 3. The van der Waals surface area contributed by atoms with Gasteiger partial charge in [0.25, 0.3) is 5.91 Å². The lowest BCUT2D eigenvalue weighted by atomic mass is 9.68. The van der Waals surface area contributed by atoms with Gasteiger partial charge in [-0.15, -0.1) is 11.8 Å². The van der Waals surface area contributed by atoms with Gasteiger partial charge < -0.3 is 24.5 Å². The number of hydrogen-bond donors (Lipinski definition) is 2. The van der Waals surface area contributed by atoms with Crippen LogP contribution in [-0.2, 0) is 19.1 Å². The van der Waals surface area contributed by atoms with Gasteiger partial charge in [-0.3, -0.25) is 24.1 Å². The van der Waals surface area contributed by atoms with E-state index in [1.54, 1.807) is 49.0 Å². The number of aromatic nitrogens is 1. The smallest absolute Gasteiger partial charge is 0.338 e. The topological polar surface area (TPSA) is 144 Å². The molecular weight excluding hydrogens is 703 g/mol. The van der Waals surface area contributed by atoms with Crippen LogP contribution in [0.15, 0.2) is 76.6 Å². The molecule has 13 heteroatoms. The van der Waals surface area contributed by atoms with Crippen LogP contribution in [0.2, 0.25) is 0 Å². The number of H-pyrrole nitrogens is 1. The van der Waals surface area contributed by atoms with Gasteiger partial charge in [0, 0.05) is 21.7 Å². The number of esters is 1. The van der Waals surface area contributed by atoms with Crippen LogP contribution in [0.4, 0.5) is 11.4 Å². The first-order valence-corrected chi connectivity index (χ1v) is 19.2. The lowest BCUT2D eigenvalue weighted by molar-refractivity contribution is -0.123. The number of nitrogens with zero attached hydrogens (tertiary/aromatic N) is 1. The number of fused-ring (bicyclic) bond motifs is 9. The highest BCUT2D eigenvalue weighted by Crippen LogP contribution is 2.68. The minimum atomic E-state index is -0.482. The number of hydrogen-bond acceptors (Lipinski definition) is 10. The third-order valence-electron chi connectivity index (χ3n) is 10.6. The number of carbonyl (C=O) groups is 4. The van der Waals surface area contributed by atoms with Crippen molar-refractivity contribution < 1.29 is 33.4 Å². The maximum Gasteiger partial charge on any atom is 0.338 e. The molecule has 0 spiro atoms. The summed E-state index contributed by atoms with van der Waals surface area (Å²) in [7, 11) is 0. The fourth-order valence-corrected chi connectivity index (χ4v) is 11.7. The molecule has 3 fully saturated rings. The quantitative estimate of drug-likeness (QED) is 0.148. The van der Waals surface area contributed by atoms with Gasteiger partial charge in [-0.05, 0) is 105 Å².